The number of guanidine groups is 1. The summed E-state index contributed by atoms with van der Waals surface area (Å²) in [6, 6.07) is 36.9. The van der Waals surface area contributed by atoms with Gasteiger partial charge in [0.15, 0.2) is 11.1 Å². The number of benzene rings is 4. The first-order valence-electron chi connectivity index (χ1n) is 16.5. The average molecular weight is 626 g/mol. The Morgan fingerprint density at radius 2 is 0.978 bits per heavy atom. The molecule has 2 heterocycles. The van der Waals surface area contributed by atoms with Crippen molar-refractivity contribution < 1.29 is 0 Å². The molecule has 0 bridgehead atoms. The molecule has 0 aliphatic carbocycles. The molecule has 0 atom stereocenters. The summed E-state index contributed by atoms with van der Waals surface area (Å²) in [5, 5.41) is 4.07. The minimum absolute atomic E-state index is 0.598. The van der Waals surface area contributed by atoms with Gasteiger partial charge in [0, 0.05) is 31.9 Å². The fourth-order valence-corrected chi connectivity index (χ4v) is 4.84. The molecule has 2 aliphatic heterocycles. The van der Waals surface area contributed by atoms with Gasteiger partial charge in [-0.05, 0) is 65.2 Å². The van der Waals surface area contributed by atoms with Crippen LogP contribution >= 0.6 is 12.2 Å². The Kier molecular flexibility index (Phi) is 20.1. The molecule has 6 rings (SSSR count). The Labute approximate surface area is 279 Å². The Balaban J connectivity index is 0.000000369. The summed E-state index contributed by atoms with van der Waals surface area (Å²) < 4.78 is 0. The van der Waals surface area contributed by atoms with Crippen LogP contribution < -0.4 is 11.1 Å². The highest BCUT2D eigenvalue weighted by atomic mass is 32.1. The standard InChI is InChI=1S/C16H17N3.C15H14N2S.4C2H6/c17-16(18-15-8-2-1-3-9-15)19-11-10-13-6-4-5-7-14(13)12-19;18-15(16-14-8-2-1-3-9-14)17-10-12-6-4-5-7-13(12)11-17;4*1-2/h1-9H,10-12H2,(H2,17,18);1-9H,10-11H2,(H,16,18);4*1-2H3. The van der Waals surface area contributed by atoms with Crippen molar-refractivity contribution in [1.29, 1.82) is 0 Å². The Morgan fingerprint density at radius 1 is 0.578 bits per heavy atom. The van der Waals surface area contributed by atoms with Crippen LogP contribution in [0.1, 0.15) is 77.6 Å². The molecule has 0 unspecified atom stereocenters. The van der Waals surface area contributed by atoms with Crippen molar-refractivity contribution >= 4 is 34.7 Å². The zero-order chi connectivity index (χ0) is 33.5. The Morgan fingerprint density at radius 3 is 1.49 bits per heavy atom. The topological polar surface area (TPSA) is 56.9 Å². The molecule has 0 aromatic heterocycles. The van der Waals surface area contributed by atoms with E-state index in [0.717, 1.165) is 49.1 Å². The maximum absolute atomic E-state index is 6.11. The van der Waals surface area contributed by atoms with Gasteiger partial charge < -0.3 is 20.9 Å². The second-order valence-corrected chi connectivity index (χ2v) is 9.55. The van der Waals surface area contributed by atoms with Crippen LogP contribution in [-0.2, 0) is 26.1 Å². The molecular weight excluding hydrogens is 571 g/mol. The first-order chi connectivity index (χ1) is 22.2. The van der Waals surface area contributed by atoms with Gasteiger partial charge in [-0.3, -0.25) is 0 Å². The van der Waals surface area contributed by atoms with Crippen molar-refractivity contribution in [3.8, 4) is 0 Å². The van der Waals surface area contributed by atoms with Crippen LogP contribution in [0.2, 0.25) is 0 Å². The first kappa shape index (κ1) is 38.9. The number of anilines is 1. The predicted octanol–water partition coefficient (Wildman–Crippen LogP) is 10.2. The van der Waals surface area contributed by atoms with Crippen LogP contribution in [-0.4, -0.2) is 27.4 Å². The van der Waals surface area contributed by atoms with Gasteiger partial charge >= 0.3 is 0 Å². The quantitative estimate of drug-likeness (QED) is 0.132. The Bertz CT molecular complexity index is 1350. The molecular formula is C39H55N5S. The van der Waals surface area contributed by atoms with Crippen LogP contribution in [0, 0.1) is 0 Å². The van der Waals surface area contributed by atoms with Crippen LogP contribution in [0.4, 0.5) is 11.4 Å². The molecule has 4 aromatic carbocycles. The summed E-state index contributed by atoms with van der Waals surface area (Å²) >= 11 is 5.46. The third-order valence-corrected chi connectivity index (χ3v) is 6.97. The number of thiocarbonyl (C=S) groups is 1. The van der Waals surface area contributed by atoms with Gasteiger partial charge in [0.25, 0.3) is 0 Å². The molecule has 0 saturated heterocycles. The SMILES string of the molecule is CC.CC.CC.CC.NC(=Nc1ccccc1)N1CCc2ccccc2C1.S=C(Nc1ccccc1)N1Cc2ccccc2C1. The number of aliphatic imine (C=N–C) groups is 1. The normalized spacial score (nSPS) is 12.2. The number of fused-ring (bicyclic) bond motifs is 2. The van der Waals surface area contributed by atoms with E-state index in [4.69, 9.17) is 18.0 Å². The molecule has 0 saturated carbocycles. The maximum Gasteiger partial charge on any atom is 0.196 e. The zero-order valence-corrected chi connectivity index (χ0v) is 29.6. The molecule has 5 nitrogen and oxygen atoms in total. The van der Waals surface area contributed by atoms with Crippen LogP contribution in [0.3, 0.4) is 0 Å². The van der Waals surface area contributed by atoms with Gasteiger partial charge in [-0.1, -0.05) is 140 Å². The number of nitrogens with one attached hydrogen (secondary N) is 1. The van der Waals surface area contributed by atoms with E-state index >= 15 is 0 Å². The van der Waals surface area contributed by atoms with Crippen LogP contribution in [0.15, 0.2) is 114 Å². The highest BCUT2D eigenvalue weighted by Crippen LogP contribution is 2.23. The van der Waals surface area contributed by atoms with Crippen LogP contribution in [0.5, 0.6) is 0 Å². The minimum atomic E-state index is 0.598. The zero-order valence-electron chi connectivity index (χ0n) is 28.8. The number of nitrogens with two attached hydrogens (primary N) is 1. The smallest absolute Gasteiger partial charge is 0.196 e. The van der Waals surface area contributed by atoms with Gasteiger partial charge in [0.1, 0.15) is 0 Å². The maximum atomic E-state index is 6.11. The monoisotopic (exact) mass is 625 g/mol. The van der Waals surface area contributed by atoms with Crippen LogP contribution in [0.25, 0.3) is 0 Å². The second kappa shape index (κ2) is 23.3. The van der Waals surface area contributed by atoms with Gasteiger partial charge in [-0.25, -0.2) is 4.99 Å². The van der Waals surface area contributed by atoms with Crippen molar-refractivity contribution in [2.75, 3.05) is 11.9 Å². The van der Waals surface area contributed by atoms with E-state index < -0.39 is 0 Å². The molecule has 2 aliphatic rings. The van der Waals surface area contributed by atoms with E-state index in [2.05, 4.69) is 68.6 Å². The van der Waals surface area contributed by atoms with Crippen molar-refractivity contribution in [3.63, 3.8) is 0 Å². The largest absolute Gasteiger partial charge is 0.369 e. The van der Waals surface area contributed by atoms with E-state index in [1.807, 2.05) is 116 Å². The lowest BCUT2D eigenvalue weighted by Crippen LogP contribution is -2.40. The fourth-order valence-electron chi connectivity index (χ4n) is 4.60. The lowest BCUT2D eigenvalue weighted by Gasteiger charge is -2.29. The number of nitrogens with zero attached hydrogens (tertiary/aromatic N) is 3. The third-order valence-electron chi connectivity index (χ3n) is 6.61. The summed E-state index contributed by atoms with van der Waals surface area (Å²) in [7, 11) is 0. The van der Waals surface area contributed by atoms with E-state index in [-0.39, 0.29) is 0 Å². The summed E-state index contributed by atoms with van der Waals surface area (Å²) in [4.78, 5) is 8.80. The van der Waals surface area contributed by atoms with Gasteiger partial charge in [-0.15, -0.1) is 0 Å². The number of para-hydroxylation sites is 2. The number of rotatable bonds is 2. The second-order valence-electron chi connectivity index (χ2n) is 9.17. The molecule has 4 aromatic rings. The molecule has 0 spiro atoms. The van der Waals surface area contributed by atoms with Crippen molar-refractivity contribution in [1.82, 2.24) is 9.80 Å². The summed E-state index contributed by atoms with van der Waals surface area (Å²) in [6.07, 6.45) is 1.03. The van der Waals surface area contributed by atoms with E-state index in [1.54, 1.807) is 0 Å². The molecule has 0 radical (unpaired) electrons. The fraction of sp³-hybridized carbons (Fsp3) is 0.333. The molecule has 3 N–H and O–H groups in total. The first-order valence-corrected chi connectivity index (χ1v) is 17.0. The lowest BCUT2D eigenvalue weighted by molar-refractivity contribution is 0.390. The highest BCUT2D eigenvalue weighted by Gasteiger charge is 2.20. The molecule has 242 valence electrons. The summed E-state index contributed by atoms with van der Waals surface area (Å²) in [6.45, 7) is 19.6. The van der Waals surface area contributed by atoms with E-state index in [9.17, 15) is 0 Å². The minimum Gasteiger partial charge on any atom is -0.369 e. The average Bonchev–Trinajstić information content (AvgIpc) is 3.58. The molecule has 0 fully saturated rings. The predicted molar refractivity (Wildman–Crippen MR) is 202 cm³/mol. The van der Waals surface area contributed by atoms with E-state index in [0.29, 0.717) is 5.96 Å². The van der Waals surface area contributed by atoms with Gasteiger partial charge in [0.05, 0.1) is 5.69 Å². The summed E-state index contributed by atoms with van der Waals surface area (Å²) in [5.74, 6) is 0.598. The highest BCUT2D eigenvalue weighted by molar-refractivity contribution is 7.80. The van der Waals surface area contributed by atoms with Gasteiger partial charge in [-0.2, -0.15) is 0 Å². The van der Waals surface area contributed by atoms with Crippen molar-refractivity contribution in [3.05, 3.63) is 131 Å². The number of hydrogen-bond acceptors (Lipinski definition) is 2. The lowest BCUT2D eigenvalue weighted by atomic mass is 10.0. The van der Waals surface area contributed by atoms with Gasteiger partial charge in [0.2, 0.25) is 0 Å². The summed E-state index contributed by atoms with van der Waals surface area (Å²) in [5.41, 5.74) is 13.6. The molecule has 6 heteroatoms. The Hall–Kier alpha value is -4.16. The molecule has 0 amide bonds. The molecule has 45 heavy (non-hydrogen) atoms. The third kappa shape index (κ3) is 12.8. The van der Waals surface area contributed by atoms with Crippen molar-refractivity contribution in [2.45, 2.75) is 81.4 Å². The van der Waals surface area contributed by atoms with Crippen molar-refractivity contribution in [2.24, 2.45) is 10.7 Å². The number of hydrogen-bond donors (Lipinski definition) is 2. The van der Waals surface area contributed by atoms with E-state index in [1.165, 1.54) is 22.3 Å².